The zero-order valence-electron chi connectivity index (χ0n) is 16.3. The largest absolute Gasteiger partial charge is 0.497 e. The molecule has 2 aromatic carbocycles. The fraction of sp³-hybridized carbons (Fsp3) is 0.300. The lowest BCUT2D eigenvalue weighted by Gasteiger charge is -2.11. The number of benzene rings is 2. The predicted octanol–water partition coefficient (Wildman–Crippen LogP) is 3.29. The fourth-order valence-electron chi connectivity index (χ4n) is 2.74. The quantitative estimate of drug-likeness (QED) is 0.411. The van der Waals surface area contributed by atoms with Gasteiger partial charge in [0.1, 0.15) is 5.75 Å². The first-order valence-electron chi connectivity index (χ1n) is 9.24. The fourth-order valence-corrected chi connectivity index (χ4v) is 5.29. The van der Waals surface area contributed by atoms with Crippen molar-refractivity contribution < 1.29 is 17.9 Å². The van der Waals surface area contributed by atoms with Gasteiger partial charge in [-0.1, -0.05) is 37.2 Å². The Hall–Kier alpha value is -2.52. The molecule has 3 aromatic rings. The molecule has 0 aliphatic carbocycles. The number of para-hydroxylation sites is 2. The Morgan fingerprint density at radius 2 is 1.90 bits per heavy atom. The highest BCUT2D eigenvalue weighted by molar-refractivity contribution is 8.00. The number of rotatable bonds is 9. The van der Waals surface area contributed by atoms with E-state index in [4.69, 9.17) is 4.74 Å². The zero-order valence-corrected chi connectivity index (χ0v) is 17.9. The average Bonchev–Trinajstić information content (AvgIpc) is 3.11. The Labute approximate surface area is 174 Å². The third kappa shape index (κ3) is 4.73. The van der Waals surface area contributed by atoms with Crippen LogP contribution in [0.4, 0.5) is 0 Å². The van der Waals surface area contributed by atoms with Crippen LogP contribution in [0, 0.1) is 0 Å². The van der Waals surface area contributed by atoms with Crippen LogP contribution in [-0.4, -0.2) is 42.7 Å². The maximum Gasteiger partial charge on any atom is 0.270 e. The third-order valence-electron chi connectivity index (χ3n) is 4.27. The van der Waals surface area contributed by atoms with E-state index in [1.165, 1.54) is 23.2 Å². The average molecular weight is 434 g/mol. The molecule has 1 heterocycles. The Balaban J connectivity index is 1.95. The molecule has 7 nitrogen and oxygen atoms in total. The SMILES string of the molecule is CCCCNC(=O)CSc1nc2ccccc2n1S(=O)(=O)c1ccc(OC)cc1. The molecule has 0 saturated heterocycles. The van der Waals surface area contributed by atoms with Crippen LogP contribution in [0.5, 0.6) is 5.75 Å². The van der Waals surface area contributed by atoms with Gasteiger partial charge in [-0.2, -0.15) is 0 Å². The molecule has 3 rings (SSSR count). The van der Waals surface area contributed by atoms with Crippen LogP contribution < -0.4 is 10.1 Å². The number of carbonyl (C=O) groups is 1. The van der Waals surface area contributed by atoms with Crippen molar-refractivity contribution in [1.82, 2.24) is 14.3 Å². The van der Waals surface area contributed by atoms with Crippen LogP contribution in [0.2, 0.25) is 0 Å². The Bertz CT molecular complexity index is 1090. The number of nitrogens with zero attached hydrogens (tertiary/aromatic N) is 2. The van der Waals surface area contributed by atoms with Gasteiger partial charge in [-0.15, -0.1) is 0 Å². The number of methoxy groups -OCH3 is 1. The van der Waals surface area contributed by atoms with E-state index in [0.717, 1.165) is 24.6 Å². The zero-order chi connectivity index (χ0) is 20.9. The summed E-state index contributed by atoms with van der Waals surface area (Å²) in [5.41, 5.74) is 1.02. The second-order valence-electron chi connectivity index (χ2n) is 6.32. The van der Waals surface area contributed by atoms with Gasteiger partial charge in [-0.3, -0.25) is 4.79 Å². The topological polar surface area (TPSA) is 90.3 Å². The molecule has 0 unspecified atom stereocenters. The number of hydrogen-bond donors (Lipinski definition) is 1. The molecule has 1 aromatic heterocycles. The van der Waals surface area contributed by atoms with E-state index in [1.807, 2.05) is 6.92 Å². The summed E-state index contributed by atoms with van der Waals surface area (Å²) in [6.07, 6.45) is 1.89. The number of aromatic nitrogens is 2. The van der Waals surface area contributed by atoms with Crippen molar-refractivity contribution in [3.63, 3.8) is 0 Å². The number of hydrogen-bond acceptors (Lipinski definition) is 6. The third-order valence-corrected chi connectivity index (χ3v) is 7.05. The lowest BCUT2D eigenvalue weighted by atomic mass is 10.3. The van der Waals surface area contributed by atoms with Crippen LogP contribution in [-0.2, 0) is 14.8 Å². The van der Waals surface area contributed by atoms with Crippen molar-refractivity contribution >= 4 is 38.7 Å². The molecule has 0 atom stereocenters. The van der Waals surface area contributed by atoms with E-state index < -0.39 is 10.0 Å². The molecule has 0 aliphatic rings. The highest BCUT2D eigenvalue weighted by Crippen LogP contribution is 2.29. The maximum absolute atomic E-state index is 13.4. The van der Waals surface area contributed by atoms with Crippen molar-refractivity contribution in [3.8, 4) is 5.75 Å². The Kier molecular flexibility index (Phi) is 6.81. The number of fused-ring (bicyclic) bond motifs is 1. The van der Waals surface area contributed by atoms with E-state index in [9.17, 15) is 13.2 Å². The molecular formula is C20H23N3O4S2. The van der Waals surface area contributed by atoms with Gasteiger partial charge < -0.3 is 10.1 Å². The van der Waals surface area contributed by atoms with Gasteiger partial charge in [0.05, 0.1) is 28.8 Å². The van der Waals surface area contributed by atoms with E-state index in [-0.39, 0.29) is 21.7 Å². The van der Waals surface area contributed by atoms with Gasteiger partial charge in [-0.05, 0) is 42.8 Å². The second-order valence-corrected chi connectivity index (χ2v) is 9.05. The summed E-state index contributed by atoms with van der Waals surface area (Å²) in [5, 5.41) is 3.09. The van der Waals surface area contributed by atoms with Crippen LogP contribution in [0.1, 0.15) is 19.8 Å². The van der Waals surface area contributed by atoms with Crippen LogP contribution in [0.25, 0.3) is 11.0 Å². The predicted molar refractivity (Wildman–Crippen MR) is 114 cm³/mol. The summed E-state index contributed by atoms with van der Waals surface area (Å²) < 4.78 is 33.0. The molecule has 154 valence electrons. The monoisotopic (exact) mass is 433 g/mol. The molecule has 0 aliphatic heterocycles. The molecule has 1 N–H and O–H groups in total. The first-order valence-corrected chi connectivity index (χ1v) is 11.7. The molecule has 0 spiro atoms. The molecule has 1 amide bonds. The maximum atomic E-state index is 13.4. The number of amides is 1. The molecule has 0 radical (unpaired) electrons. The van der Waals surface area contributed by atoms with Crippen molar-refractivity contribution in [2.75, 3.05) is 19.4 Å². The first kappa shape index (κ1) is 21.2. The molecule has 9 heteroatoms. The summed E-state index contributed by atoms with van der Waals surface area (Å²) in [6.45, 7) is 2.66. The van der Waals surface area contributed by atoms with E-state index in [0.29, 0.717) is 23.3 Å². The number of ether oxygens (including phenoxy) is 1. The van der Waals surface area contributed by atoms with Crippen molar-refractivity contribution in [3.05, 3.63) is 48.5 Å². The number of unbranched alkanes of at least 4 members (excludes halogenated alkanes) is 1. The Morgan fingerprint density at radius 3 is 2.59 bits per heavy atom. The van der Waals surface area contributed by atoms with Crippen molar-refractivity contribution in [2.45, 2.75) is 29.8 Å². The first-order chi connectivity index (χ1) is 14.0. The minimum Gasteiger partial charge on any atom is -0.497 e. The van der Waals surface area contributed by atoms with Gasteiger partial charge >= 0.3 is 0 Å². The van der Waals surface area contributed by atoms with Gasteiger partial charge in [0.15, 0.2) is 5.16 Å². The van der Waals surface area contributed by atoms with Crippen molar-refractivity contribution in [1.29, 1.82) is 0 Å². The minimum atomic E-state index is -3.90. The lowest BCUT2D eigenvalue weighted by molar-refractivity contribution is -0.118. The van der Waals surface area contributed by atoms with Gasteiger partial charge in [0, 0.05) is 6.54 Å². The second kappa shape index (κ2) is 9.32. The molecule has 0 fully saturated rings. The molecule has 0 bridgehead atoms. The van der Waals surface area contributed by atoms with E-state index >= 15 is 0 Å². The minimum absolute atomic E-state index is 0.0885. The summed E-state index contributed by atoms with van der Waals surface area (Å²) in [4.78, 5) is 16.6. The molecule has 0 saturated carbocycles. The summed E-state index contributed by atoms with van der Waals surface area (Å²) in [7, 11) is -2.38. The van der Waals surface area contributed by atoms with Crippen molar-refractivity contribution in [2.24, 2.45) is 0 Å². The number of nitrogens with one attached hydrogen (secondary N) is 1. The summed E-state index contributed by atoms with van der Waals surface area (Å²) >= 11 is 1.10. The highest BCUT2D eigenvalue weighted by Gasteiger charge is 2.25. The van der Waals surface area contributed by atoms with E-state index in [1.54, 1.807) is 36.4 Å². The van der Waals surface area contributed by atoms with Gasteiger partial charge in [-0.25, -0.2) is 17.4 Å². The van der Waals surface area contributed by atoms with Gasteiger partial charge in [0.25, 0.3) is 10.0 Å². The number of thioether (sulfide) groups is 1. The summed E-state index contributed by atoms with van der Waals surface area (Å²) in [5.74, 6) is 0.507. The van der Waals surface area contributed by atoms with Crippen LogP contribution in [0.3, 0.4) is 0 Å². The van der Waals surface area contributed by atoms with E-state index in [2.05, 4.69) is 10.3 Å². The van der Waals surface area contributed by atoms with Gasteiger partial charge in [0.2, 0.25) is 5.91 Å². The van der Waals surface area contributed by atoms with Crippen LogP contribution in [0.15, 0.2) is 58.6 Å². The Morgan fingerprint density at radius 1 is 1.17 bits per heavy atom. The highest BCUT2D eigenvalue weighted by atomic mass is 32.2. The number of carbonyl (C=O) groups excluding carboxylic acids is 1. The lowest BCUT2D eigenvalue weighted by Crippen LogP contribution is -2.26. The normalized spacial score (nSPS) is 11.5. The summed E-state index contributed by atoms with van der Waals surface area (Å²) in [6, 6.07) is 13.2. The molecule has 29 heavy (non-hydrogen) atoms. The molecular weight excluding hydrogens is 410 g/mol. The number of imidazole rings is 1. The smallest absolute Gasteiger partial charge is 0.270 e. The van der Waals surface area contributed by atoms with Crippen LogP contribution >= 0.6 is 11.8 Å². The standard InChI is InChI=1S/C20H23N3O4S2/c1-3-4-13-21-19(24)14-28-20-22-17-7-5-6-8-18(17)23(20)29(25,26)16-11-9-15(27-2)10-12-16/h5-12H,3-4,13-14H2,1-2H3,(H,21,24).